The van der Waals surface area contributed by atoms with Crippen LogP contribution in [0, 0.1) is 5.41 Å². The van der Waals surface area contributed by atoms with E-state index in [2.05, 4.69) is 10.3 Å². The Morgan fingerprint density at radius 1 is 1.24 bits per heavy atom. The van der Waals surface area contributed by atoms with Gasteiger partial charge in [-0.2, -0.15) is 0 Å². The number of thiazole rings is 1. The van der Waals surface area contributed by atoms with Crippen LogP contribution in [0.1, 0.15) is 32.4 Å². The van der Waals surface area contributed by atoms with Crippen LogP contribution in [0.2, 0.25) is 0 Å². The highest BCUT2D eigenvalue weighted by molar-refractivity contribution is 7.13. The van der Waals surface area contributed by atoms with Crippen LogP contribution in [-0.2, 0) is 24.7 Å². The number of carbonyl (C=O) groups is 2. The molecule has 6 nitrogen and oxygen atoms in total. The van der Waals surface area contributed by atoms with Crippen LogP contribution in [-0.4, -0.2) is 23.0 Å². The average Bonchev–Trinajstić information content (AvgIpc) is 3.20. The van der Waals surface area contributed by atoms with Crippen molar-refractivity contribution in [2.45, 2.75) is 38.4 Å². The Balaban J connectivity index is 1.58. The van der Waals surface area contributed by atoms with Gasteiger partial charge in [0.2, 0.25) is 0 Å². The second-order valence-corrected chi connectivity index (χ2v) is 7.69. The van der Waals surface area contributed by atoms with Crippen molar-refractivity contribution in [3.63, 3.8) is 0 Å². The number of esters is 2. The normalized spacial score (nSPS) is 31.2. The summed E-state index contributed by atoms with van der Waals surface area (Å²) in [5, 5.41) is 5.80. The first-order chi connectivity index (χ1) is 11.9. The zero-order valence-electron chi connectivity index (χ0n) is 13.9. The fourth-order valence-corrected chi connectivity index (χ4v) is 4.42. The van der Waals surface area contributed by atoms with E-state index in [0.29, 0.717) is 17.2 Å². The van der Waals surface area contributed by atoms with Gasteiger partial charge in [-0.05, 0) is 26.0 Å². The van der Waals surface area contributed by atoms with Crippen molar-refractivity contribution in [2.75, 3.05) is 5.32 Å². The molecule has 1 spiro atoms. The molecule has 2 aromatic rings. The molecule has 2 fully saturated rings. The maximum atomic E-state index is 12.5. The largest absolute Gasteiger partial charge is 0.462 e. The second-order valence-electron chi connectivity index (χ2n) is 6.83. The quantitative estimate of drug-likeness (QED) is 0.669. The molecule has 0 radical (unpaired) electrons. The van der Waals surface area contributed by atoms with Gasteiger partial charge in [0.25, 0.3) is 0 Å². The van der Waals surface area contributed by atoms with Gasteiger partial charge in [0.1, 0.15) is 6.10 Å². The Kier molecular flexibility index (Phi) is 3.57. The van der Waals surface area contributed by atoms with Crippen LogP contribution in [0.25, 0.3) is 0 Å². The van der Waals surface area contributed by atoms with Gasteiger partial charge in [0, 0.05) is 23.9 Å². The van der Waals surface area contributed by atoms with Crippen LogP contribution in [0.4, 0.5) is 10.8 Å². The van der Waals surface area contributed by atoms with E-state index in [1.54, 1.807) is 13.8 Å². The minimum Gasteiger partial charge on any atom is -0.462 e. The van der Waals surface area contributed by atoms with E-state index < -0.39 is 23.0 Å². The highest BCUT2D eigenvalue weighted by atomic mass is 32.1. The molecule has 3 atom stereocenters. The summed E-state index contributed by atoms with van der Waals surface area (Å²) in [6.07, 6.45) is 0.351. The number of anilines is 2. The summed E-state index contributed by atoms with van der Waals surface area (Å²) >= 11 is 1.43. The third-order valence-corrected chi connectivity index (χ3v) is 5.51. The highest BCUT2D eigenvalue weighted by Gasteiger charge is 2.65. The number of hydrogen-bond acceptors (Lipinski definition) is 7. The molecule has 0 amide bonds. The summed E-state index contributed by atoms with van der Waals surface area (Å²) < 4.78 is 10.8. The van der Waals surface area contributed by atoms with Crippen molar-refractivity contribution in [3.8, 4) is 0 Å². The van der Waals surface area contributed by atoms with E-state index in [1.165, 1.54) is 11.3 Å². The first-order valence-electron chi connectivity index (χ1n) is 8.14. The van der Waals surface area contributed by atoms with Gasteiger partial charge >= 0.3 is 11.9 Å². The van der Waals surface area contributed by atoms with Gasteiger partial charge < -0.3 is 14.8 Å². The maximum absolute atomic E-state index is 12.5. The maximum Gasteiger partial charge on any atom is 0.324 e. The minimum atomic E-state index is -1.19. The van der Waals surface area contributed by atoms with Gasteiger partial charge in [-0.1, -0.05) is 18.2 Å². The van der Waals surface area contributed by atoms with E-state index in [1.807, 2.05) is 35.7 Å². The van der Waals surface area contributed by atoms with Crippen molar-refractivity contribution < 1.29 is 19.1 Å². The molecule has 1 aromatic heterocycles. The summed E-state index contributed by atoms with van der Waals surface area (Å²) in [4.78, 5) is 29.3. The molecule has 0 saturated carbocycles. The van der Waals surface area contributed by atoms with Gasteiger partial charge in [-0.3, -0.25) is 9.59 Å². The predicted molar refractivity (Wildman–Crippen MR) is 92.5 cm³/mol. The third-order valence-electron chi connectivity index (χ3n) is 4.75. The molecular formula is C18H18N2O4S. The number of hydrogen-bond donors (Lipinski definition) is 1. The van der Waals surface area contributed by atoms with E-state index in [-0.39, 0.29) is 12.5 Å². The Hall–Kier alpha value is -2.41. The van der Waals surface area contributed by atoms with Crippen LogP contribution in [0.3, 0.4) is 0 Å². The van der Waals surface area contributed by atoms with Gasteiger partial charge in [0.05, 0.1) is 5.69 Å². The molecule has 1 N–H and O–H groups in total. The Morgan fingerprint density at radius 2 is 2.00 bits per heavy atom. The predicted octanol–water partition coefficient (Wildman–Crippen LogP) is 3.37. The fourth-order valence-electron chi connectivity index (χ4n) is 3.57. The van der Waals surface area contributed by atoms with Crippen molar-refractivity contribution >= 4 is 34.1 Å². The number of cyclic esters (lactones) is 2. The lowest BCUT2D eigenvalue weighted by Gasteiger charge is -2.20. The van der Waals surface area contributed by atoms with Crippen molar-refractivity contribution in [3.05, 3.63) is 41.4 Å². The smallest absolute Gasteiger partial charge is 0.324 e. The Bertz CT molecular complexity index is 837. The SMILES string of the molecule is CC1CC2(CC(C)(c3csc(Nc4ccccc4)n3)OC2=O)C(=O)O1. The first kappa shape index (κ1) is 16.1. The molecule has 3 heterocycles. The lowest BCUT2D eigenvalue weighted by atomic mass is 9.78. The molecule has 2 saturated heterocycles. The van der Waals surface area contributed by atoms with Crippen molar-refractivity contribution in [1.29, 1.82) is 0 Å². The highest BCUT2D eigenvalue weighted by Crippen LogP contribution is 2.52. The zero-order chi connectivity index (χ0) is 17.7. The number of para-hydroxylation sites is 1. The van der Waals surface area contributed by atoms with E-state index in [0.717, 1.165) is 5.69 Å². The molecule has 7 heteroatoms. The summed E-state index contributed by atoms with van der Waals surface area (Å²) in [7, 11) is 0. The molecule has 1 aromatic carbocycles. The van der Waals surface area contributed by atoms with Crippen molar-refractivity contribution in [1.82, 2.24) is 4.98 Å². The number of aromatic nitrogens is 1. The van der Waals surface area contributed by atoms with Crippen LogP contribution >= 0.6 is 11.3 Å². The number of nitrogens with zero attached hydrogens (tertiary/aromatic N) is 1. The van der Waals surface area contributed by atoms with Gasteiger partial charge in [-0.15, -0.1) is 11.3 Å². The standard InChI is InChI=1S/C18H18N2O4S/c1-11-8-18(14(21)23-11)10-17(2,24-15(18)22)13-9-25-16(20-13)19-12-6-4-3-5-7-12/h3-7,9,11H,8,10H2,1-2H3,(H,19,20). The number of ether oxygens (including phenoxy) is 2. The molecule has 4 rings (SSSR count). The molecule has 2 aliphatic rings. The Morgan fingerprint density at radius 3 is 2.68 bits per heavy atom. The minimum absolute atomic E-state index is 0.260. The monoisotopic (exact) mass is 358 g/mol. The molecule has 3 unspecified atom stereocenters. The first-order valence-corrected chi connectivity index (χ1v) is 9.02. The lowest BCUT2D eigenvalue weighted by molar-refractivity contribution is -0.160. The summed E-state index contributed by atoms with van der Waals surface area (Å²) in [5.74, 6) is -0.985. The van der Waals surface area contributed by atoms with Crippen LogP contribution in [0.5, 0.6) is 0 Å². The van der Waals surface area contributed by atoms with E-state index in [9.17, 15) is 9.59 Å². The van der Waals surface area contributed by atoms with Crippen LogP contribution in [0.15, 0.2) is 35.7 Å². The van der Waals surface area contributed by atoms with Gasteiger partial charge in [0.15, 0.2) is 16.1 Å². The van der Waals surface area contributed by atoms with Gasteiger partial charge in [-0.25, -0.2) is 4.98 Å². The third kappa shape index (κ3) is 2.59. The molecular weight excluding hydrogens is 340 g/mol. The summed E-state index contributed by atoms with van der Waals surface area (Å²) in [6.45, 7) is 3.59. The summed E-state index contributed by atoms with van der Waals surface area (Å²) in [6, 6.07) is 9.71. The van der Waals surface area contributed by atoms with E-state index in [4.69, 9.17) is 9.47 Å². The van der Waals surface area contributed by atoms with Crippen LogP contribution < -0.4 is 5.32 Å². The second kappa shape index (κ2) is 5.56. The van der Waals surface area contributed by atoms with E-state index >= 15 is 0 Å². The molecule has 25 heavy (non-hydrogen) atoms. The average molecular weight is 358 g/mol. The zero-order valence-corrected chi connectivity index (χ0v) is 14.8. The topological polar surface area (TPSA) is 77.5 Å². The Labute approximate surface area is 149 Å². The number of benzene rings is 1. The molecule has 0 bridgehead atoms. The molecule has 0 aliphatic carbocycles. The number of nitrogens with one attached hydrogen (secondary N) is 1. The lowest BCUT2D eigenvalue weighted by Crippen LogP contribution is -2.31. The molecule has 2 aliphatic heterocycles. The summed E-state index contributed by atoms with van der Waals surface area (Å²) in [5.41, 5.74) is -0.534. The number of carbonyl (C=O) groups excluding carboxylic acids is 2. The fraction of sp³-hybridized carbons (Fsp3) is 0.389. The number of rotatable bonds is 3. The molecule has 130 valence electrons. The van der Waals surface area contributed by atoms with Crippen molar-refractivity contribution in [2.24, 2.45) is 5.41 Å².